The third-order valence-corrected chi connectivity index (χ3v) is 6.68. The molecule has 33 heavy (non-hydrogen) atoms. The molecule has 0 spiro atoms. The molecule has 1 fully saturated rings. The molecule has 5 heterocycles. The molecule has 5 rings (SSSR count). The third-order valence-electron chi connectivity index (χ3n) is 5.78. The summed E-state index contributed by atoms with van der Waals surface area (Å²) in [5.74, 6) is 1.05. The number of aromatic nitrogens is 3. The van der Waals surface area contributed by atoms with Crippen LogP contribution in [0.1, 0.15) is 18.5 Å². The number of nitrogens with one attached hydrogen (secondary N) is 1. The van der Waals surface area contributed by atoms with Crippen LogP contribution in [0.4, 0.5) is 4.39 Å². The summed E-state index contributed by atoms with van der Waals surface area (Å²) in [6.45, 7) is 5.04. The topological polar surface area (TPSA) is 81.5 Å². The Labute approximate surface area is 206 Å². The van der Waals surface area contributed by atoms with Crippen molar-refractivity contribution < 1.29 is 13.9 Å². The number of thiazole rings is 1. The van der Waals surface area contributed by atoms with Gasteiger partial charge in [-0.2, -0.15) is 0 Å². The largest absolute Gasteiger partial charge is 0.486 e. The maximum absolute atomic E-state index is 13.5. The molecule has 1 N–H and O–H groups in total. The van der Waals surface area contributed by atoms with Gasteiger partial charge in [-0.15, -0.1) is 24.8 Å². The predicted molar refractivity (Wildman–Crippen MR) is 130 cm³/mol. The molecule has 0 aromatic carbocycles. The van der Waals surface area contributed by atoms with Gasteiger partial charge in [-0.05, 0) is 25.9 Å². The van der Waals surface area contributed by atoms with Crippen molar-refractivity contribution in [3.05, 3.63) is 45.7 Å². The normalized spacial score (nSPS) is 16.3. The number of hydrogen-bond acceptors (Lipinski definition) is 8. The van der Waals surface area contributed by atoms with Crippen molar-refractivity contribution >= 4 is 46.5 Å². The van der Waals surface area contributed by atoms with E-state index < -0.39 is 5.82 Å². The molecule has 8 nitrogen and oxygen atoms in total. The SMILES string of the molecule is Cl.Cl.O=c1sc2ncc(F)cc2n1CCN1CCC(NCc2cc3c(cn2)OCCO3)CC1. The van der Waals surface area contributed by atoms with Gasteiger partial charge in [0.25, 0.3) is 0 Å². The van der Waals surface area contributed by atoms with Crippen molar-refractivity contribution in [3.63, 3.8) is 0 Å². The Bertz CT molecular complexity index is 1140. The van der Waals surface area contributed by atoms with Crippen molar-refractivity contribution in [1.29, 1.82) is 0 Å². The summed E-state index contributed by atoms with van der Waals surface area (Å²) in [6.07, 6.45) is 4.94. The summed E-state index contributed by atoms with van der Waals surface area (Å²) in [6, 6.07) is 3.76. The van der Waals surface area contributed by atoms with E-state index in [1.165, 1.54) is 6.07 Å². The zero-order chi connectivity index (χ0) is 21.2. The number of likely N-dealkylation sites (tertiary alicyclic amines) is 1. The fourth-order valence-electron chi connectivity index (χ4n) is 4.07. The first kappa shape index (κ1) is 25.6. The van der Waals surface area contributed by atoms with Crippen LogP contribution >= 0.6 is 36.2 Å². The first-order chi connectivity index (χ1) is 15.2. The van der Waals surface area contributed by atoms with Crippen molar-refractivity contribution in [2.24, 2.45) is 0 Å². The highest BCUT2D eigenvalue weighted by molar-refractivity contribution is 7.15. The zero-order valence-corrected chi connectivity index (χ0v) is 20.3. The fourth-order valence-corrected chi connectivity index (χ4v) is 4.92. The lowest BCUT2D eigenvalue weighted by Gasteiger charge is -2.32. The molecule has 0 atom stereocenters. The number of pyridine rings is 2. The van der Waals surface area contributed by atoms with Crippen LogP contribution in [-0.4, -0.2) is 58.3 Å². The molecule has 2 aliphatic rings. The van der Waals surface area contributed by atoms with Crippen LogP contribution in [-0.2, 0) is 13.1 Å². The maximum atomic E-state index is 13.5. The number of nitrogens with zero attached hydrogens (tertiary/aromatic N) is 4. The summed E-state index contributed by atoms with van der Waals surface area (Å²) in [7, 11) is 0. The average Bonchev–Trinajstić information content (AvgIpc) is 3.11. The van der Waals surface area contributed by atoms with Gasteiger partial charge >= 0.3 is 4.87 Å². The molecule has 2 aliphatic heterocycles. The highest BCUT2D eigenvalue weighted by Gasteiger charge is 2.20. The average molecular weight is 518 g/mol. The quantitative estimate of drug-likeness (QED) is 0.538. The minimum absolute atomic E-state index is 0. The van der Waals surface area contributed by atoms with Crippen LogP contribution < -0.4 is 19.7 Å². The van der Waals surface area contributed by atoms with Gasteiger partial charge in [-0.25, -0.2) is 9.37 Å². The molecule has 0 bridgehead atoms. The van der Waals surface area contributed by atoms with Gasteiger partial charge in [0, 0.05) is 37.8 Å². The van der Waals surface area contributed by atoms with Gasteiger partial charge in [0.05, 0.1) is 23.6 Å². The Morgan fingerprint density at radius 1 is 1.06 bits per heavy atom. The number of hydrogen-bond donors (Lipinski definition) is 1. The molecule has 0 unspecified atom stereocenters. The van der Waals surface area contributed by atoms with E-state index in [0.29, 0.717) is 48.4 Å². The van der Waals surface area contributed by atoms with Crippen LogP contribution in [0.15, 0.2) is 29.3 Å². The van der Waals surface area contributed by atoms with Crippen molar-refractivity contribution in [3.8, 4) is 11.5 Å². The lowest BCUT2D eigenvalue weighted by molar-refractivity contribution is 0.170. The van der Waals surface area contributed by atoms with Gasteiger partial charge < -0.3 is 19.7 Å². The fraction of sp³-hybridized carbons (Fsp3) is 0.476. The maximum Gasteiger partial charge on any atom is 0.309 e. The predicted octanol–water partition coefficient (Wildman–Crippen LogP) is 2.86. The van der Waals surface area contributed by atoms with E-state index in [1.807, 2.05) is 6.07 Å². The van der Waals surface area contributed by atoms with Crippen LogP contribution in [0.5, 0.6) is 11.5 Å². The lowest BCUT2D eigenvalue weighted by Crippen LogP contribution is -2.43. The molecule has 1 saturated heterocycles. The van der Waals surface area contributed by atoms with E-state index in [-0.39, 0.29) is 29.7 Å². The Balaban J connectivity index is 0.00000153. The molecule has 0 amide bonds. The van der Waals surface area contributed by atoms with Crippen molar-refractivity contribution in [1.82, 2.24) is 24.8 Å². The minimum atomic E-state index is -0.418. The molecule has 3 aromatic heterocycles. The molecule has 0 saturated carbocycles. The number of ether oxygens (including phenoxy) is 2. The van der Waals surface area contributed by atoms with Crippen LogP contribution in [0.2, 0.25) is 0 Å². The number of halogens is 3. The van der Waals surface area contributed by atoms with Crippen LogP contribution in [0, 0.1) is 5.82 Å². The van der Waals surface area contributed by atoms with E-state index >= 15 is 0 Å². The van der Waals surface area contributed by atoms with E-state index in [0.717, 1.165) is 61.5 Å². The van der Waals surface area contributed by atoms with E-state index in [4.69, 9.17) is 9.47 Å². The molecule has 12 heteroatoms. The number of rotatable bonds is 6. The summed E-state index contributed by atoms with van der Waals surface area (Å²) in [4.78, 5) is 23.6. The van der Waals surface area contributed by atoms with Gasteiger partial charge in [0.15, 0.2) is 11.5 Å². The van der Waals surface area contributed by atoms with Gasteiger partial charge in [0.1, 0.15) is 23.9 Å². The second kappa shape index (κ2) is 11.4. The Morgan fingerprint density at radius 3 is 2.61 bits per heavy atom. The third kappa shape index (κ3) is 5.93. The Hall–Kier alpha value is -1.98. The van der Waals surface area contributed by atoms with Crippen molar-refractivity contribution in [2.45, 2.75) is 32.0 Å². The zero-order valence-electron chi connectivity index (χ0n) is 17.9. The summed E-state index contributed by atoms with van der Waals surface area (Å²) in [5, 5.41) is 3.59. The monoisotopic (exact) mass is 517 g/mol. The second-order valence-electron chi connectivity index (χ2n) is 7.81. The molecule has 180 valence electrons. The summed E-state index contributed by atoms with van der Waals surface area (Å²) >= 11 is 1.07. The molecular weight excluding hydrogens is 492 g/mol. The van der Waals surface area contributed by atoms with Crippen molar-refractivity contribution in [2.75, 3.05) is 32.8 Å². The van der Waals surface area contributed by atoms with Crippen LogP contribution in [0.25, 0.3) is 10.3 Å². The highest BCUT2D eigenvalue weighted by Crippen LogP contribution is 2.29. The minimum Gasteiger partial charge on any atom is -0.486 e. The highest BCUT2D eigenvalue weighted by atomic mass is 35.5. The molecule has 3 aromatic rings. The van der Waals surface area contributed by atoms with E-state index in [1.54, 1.807) is 10.8 Å². The lowest BCUT2D eigenvalue weighted by atomic mass is 10.0. The summed E-state index contributed by atoms with van der Waals surface area (Å²) < 4.78 is 26.3. The molecular formula is C21H26Cl2FN5O3S. The standard InChI is InChI=1S/C21H24FN5O3S.2ClH/c22-14-9-17-20(25-11-14)31-21(28)27(17)6-5-26-3-1-15(2-4-26)23-12-16-10-18-19(13-24-16)30-8-7-29-18;;/h9-11,13,15,23H,1-8,12H2;2*1H. The number of piperidine rings is 1. The smallest absolute Gasteiger partial charge is 0.309 e. The first-order valence-corrected chi connectivity index (χ1v) is 11.3. The van der Waals surface area contributed by atoms with Gasteiger partial charge in [-0.3, -0.25) is 14.3 Å². The van der Waals surface area contributed by atoms with E-state index in [2.05, 4.69) is 20.2 Å². The Kier molecular flexibility index (Phi) is 8.88. The van der Waals surface area contributed by atoms with E-state index in [9.17, 15) is 9.18 Å². The Morgan fingerprint density at radius 2 is 1.82 bits per heavy atom. The second-order valence-corrected chi connectivity index (χ2v) is 8.75. The molecule has 0 radical (unpaired) electrons. The van der Waals surface area contributed by atoms with Gasteiger partial charge in [-0.1, -0.05) is 11.3 Å². The first-order valence-electron chi connectivity index (χ1n) is 10.5. The van der Waals surface area contributed by atoms with Crippen LogP contribution in [0.3, 0.4) is 0 Å². The summed E-state index contributed by atoms with van der Waals surface area (Å²) in [5.41, 5.74) is 1.52. The van der Waals surface area contributed by atoms with Gasteiger partial charge in [0.2, 0.25) is 0 Å². The molecule has 0 aliphatic carbocycles. The number of fused-ring (bicyclic) bond motifs is 2.